The van der Waals surface area contributed by atoms with Crippen LogP contribution in [-0.2, 0) is 14.3 Å². The van der Waals surface area contributed by atoms with Gasteiger partial charge in [-0.3, -0.25) is 9.59 Å². The lowest BCUT2D eigenvalue weighted by Gasteiger charge is -2.23. The molecular weight excluding hydrogens is 358 g/mol. The molecule has 2 aromatic carbocycles. The Morgan fingerprint density at radius 2 is 2.08 bits per heavy atom. The molecule has 1 aliphatic rings. The second-order valence-corrected chi connectivity index (χ2v) is 6.42. The Kier molecular flexibility index (Phi) is 5.15. The zero-order valence-corrected chi connectivity index (χ0v) is 15.0. The zero-order chi connectivity index (χ0) is 18.8. The highest BCUT2D eigenvalue weighted by molar-refractivity contribution is 6.33. The van der Waals surface area contributed by atoms with E-state index in [1.54, 1.807) is 24.3 Å². The maximum absolute atomic E-state index is 12.4. The van der Waals surface area contributed by atoms with Crippen LogP contribution in [0.4, 0.5) is 5.69 Å². The van der Waals surface area contributed by atoms with Crippen LogP contribution in [0, 0.1) is 6.92 Å². The summed E-state index contributed by atoms with van der Waals surface area (Å²) < 4.78 is 11.2. The molecule has 26 heavy (non-hydrogen) atoms. The van der Waals surface area contributed by atoms with Crippen molar-refractivity contribution in [2.45, 2.75) is 25.6 Å². The smallest absolute Gasteiger partial charge is 0.306 e. The molecule has 0 bridgehead atoms. The molecule has 1 aliphatic heterocycles. The van der Waals surface area contributed by atoms with Gasteiger partial charge in [-0.1, -0.05) is 41.4 Å². The number of aryl methyl sites for hydroxylation is 1. The van der Waals surface area contributed by atoms with Gasteiger partial charge in [-0.05, 0) is 19.1 Å². The van der Waals surface area contributed by atoms with Crippen LogP contribution in [0.5, 0.6) is 5.75 Å². The average molecular weight is 376 g/mol. The number of ether oxygens (including phenoxy) is 2. The van der Waals surface area contributed by atoms with E-state index in [0.717, 1.165) is 5.56 Å². The van der Waals surface area contributed by atoms with Gasteiger partial charge in [-0.15, -0.1) is 0 Å². The van der Waals surface area contributed by atoms with E-state index >= 15 is 0 Å². The number of anilines is 1. The Balaban J connectivity index is 2.15. The van der Waals surface area contributed by atoms with Crippen molar-refractivity contribution in [1.29, 1.82) is 0 Å². The predicted octanol–water partition coefficient (Wildman–Crippen LogP) is 3.56. The lowest BCUT2D eigenvalue weighted by molar-refractivity contribution is -0.146. The molecule has 0 unspecified atom stereocenters. The summed E-state index contributed by atoms with van der Waals surface area (Å²) in [7, 11) is 1.51. The van der Waals surface area contributed by atoms with Gasteiger partial charge in [0.15, 0.2) is 0 Å². The van der Waals surface area contributed by atoms with Crippen molar-refractivity contribution in [3.05, 3.63) is 58.1 Å². The lowest BCUT2D eigenvalue weighted by Crippen LogP contribution is -2.31. The Hall–Kier alpha value is -2.57. The third kappa shape index (κ3) is 3.52. The lowest BCUT2D eigenvalue weighted by atomic mass is 9.97. The number of halogens is 1. The van der Waals surface area contributed by atoms with Crippen molar-refractivity contribution >= 4 is 29.2 Å². The van der Waals surface area contributed by atoms with E-state index in [4.69, 9.17) is 26.2 Å². The van der Waals surface area contributed by atoms with Crippen LogP contribution in [0.25, 0.3) is 0 Å². The average Bonchev–Trinajstić information content (AvgIpc) is 2.72. The van der Waals surface area contributed by atoms with Gasteiger partial charge in [-0.2, -0.15) is 0 Å². The van der Waals surface area contributed by atoms with Crippen LogP contribution in [0.3, 0.4) is 0 Å². The van der Waals surface area contributed by atoms with E-state index in [9.17, 15) is 9.59 Å². The number of hydrogen-bond acceptors (Lipinski definition) is 4. The van der Waals surface area contributed by atoms with Gasteiger partial charge in [0.25, 0.3) is 5.91 Å². The van der Waals surface area contributed by atoms with E-state index in [0.29, 0.717) is 27.6 Å². The van der Waals surface area contributed by atoms with Crippen LogP contribution in [0.2, 0.25) is 5.02 Å². The molecule has 0 aliphatic carbocycles. The highest BCUT2D eigenvalue weighted by atomic mass is 35.5. The van der Waals surface area contributed by atoms with Crippen LogP contribution in [-0.4, -0.2) is 30.2 Å². The number of carboxylic acid groups (broad SMARTS) is 1. The first-order chi connectivity index (χ1) is 12.4. The summed E-state index contributed by atoms with van der Waals surface area (Å²) in [6, 6.07) is 10.8. The summed E-state index contributed by atoms with van der Waals surface area (Å²) in [5.41, 5.74) is 2.85. The number of aliphatic carboxylic acids is 1. The van der Waals surface area contributed by atoms with Crippen LogP contribution < -0.4 is 10.1 Å². The van der Waals surface area contributed by atoms with Crippen molar-refractivity contribution in [2.24, 2.45) is 0 Å². The molecule has 1 heterocycles. The molecule has 0 spiro atoms. The number of methoxy groups -OCH3 is 1. The molecule has 2 N–H and O–H groups in total. The Bertz CT molecular complexity index is 867. The molecule has 0 aromatic heterocycles. The summed E-state index contributed by atoms with van der Waals surface area (Å²) in [6.07, 6.45) is -2.31. The Morgan fingerprint density at radius 3 is 2.77 bits per heavy atom. The molecule has 0 saturated heterocycles. The molecule has 136 valence electrons. The maximum atomic E-state index is 12.4. The fourth-order valence-electron chi connectivity index (χ4n) is 2.95. The fourth-order valence-corrected chi connectivity index (χ4v) is 3.26. The minimum absolute atomic E-state index is 0.357. The summed E-state index contributed by atoms with van der Waals surface area (Å²) in [5, 5.41) is 12.2. The molecule has 2 atom stereocenters. The second kappa shape index (κ2) is 7.35. The third-order valence-electron chi connectivity index (χ3n) is 4.20. The van der Waals surface area contributed by atoms with Crippen molar-refractivity contribution < 1.29 is 24.2 Å². The minimum Gasteiger partial charge on any atom is -0.495 e. The molecular formula is C19H18ClNO5. The van der Waals surface area contributed by atoms with Crippen molar-refractivity contribution in [2.75, 3.05) is 12.4 Å². The Labute approximate surface area is 155 Å². The topological polar surface area (TPSA) is 84.9 Å². The number of carbonyl (C=O) groups excluding carboxylic acids is 1. The fraction of sp³-hybridized carbons (Fsp3) is 0.263. The van der Waals surface area contributed by atoms with Gasteiger partial charge < -0.3 is 19.9 Å². The Morgan fingerprint density at radius 1 is 1.31 bits per heavy atom. The quantitative estimate of drug-likeness (QED) is 0.853. The first-order valence-electron chi connectivity index (χ1n) is 8.01. The molecule has 0 fully saturated rings. The van der Waals surface area contributed by atoms with E-state index in [-0.39, 0.29) is 0 Å². The summed E-state index contributed by atoms with van der Waals surface area (Å²) in [5.74, 6) is -1.15. The number of nitrogens with one attached hydrogen (secondary N) is 1. The van der Waals surface area contributed by atoms with Crippen LogP contribution in [0.15, 0.2) is 36.4 Å². The van der Waals surface area contributed by atoms with E-state index in [1.165, 1.54) is 7.11 Å². The molecule has 7 heteroatoms. The van der Waals surface area contributed by atoms with Gasteiger partial charge in [0.05, 0.1) is 18.6 Å². The van der Waals surface area contributed by atoms with Gasteiger partial charge in [0.1, 0.15) is 18.0 Å². The van der Waals surface area contributed by atoms with Crippen molar-refractivity contribution in [3.8, 4) is 5.75 Å². The SMILES string of the molecule is COc1cccc([C@H]2O[C@H](CC(=O)O)C(=O)Nc3ccc(C)cc32)c1Cl. The van der Waals surface area contributed by atoms with Crippen LogP contribution >= 0.6 is 11.6 Å². The minimum atomic E-state index is -1.15. The number of amides is 1. The monoisotopic (exact) mass is 375 g/mol. The molecule has 0 radical (unpaired) electrons. The summed E-state index contributed by atoms with van der Waals surface area (Å²) in [4.78, 5) is 23.6. The molecule has 1 amide bonds. The van der Waals surface area contributed by atoms with Crippen molar-refractivity contribution in [1.82, 2.24) is 0 Å². The van der Waals surface area contributed by atoms with Gasteiger partial charge in [0.2, 0.25) is 0 Å². The first kappa shape index (κ1) is 18.2. The highest BCUT2D eigenvalue weighted by Gasteiger charge is 2.34. The number of carboxylic acids is 1. The summed E-state index contributed by atoms with van der Waals surface area (Å²) in [6.45, 7) is 1.92. The third-order valence-corrected chi connectivity index (χ3v) is 4.60. The normalized spacial score (nSPS) is 19.3. The number of rotatable bonds is 4. The van der Waals surface area contributed by atoms with Crippen LogP contribution in [0.1, 0.15) is 29.2 Å². The molecule has 3 rings (SSSR count). The largest absolute Gasteiger partial charge is 0.495 e. The summed E-state index contributed by atoms with van der Waals surface area (Å²) >= 11 is 6.47. The molecule has 6 nitrogen and oxygen atoms in total. The van der Waals surface area contributed by atoms with Gasteiger partial charge in [-0.25, -0.2) is 0 Å². The standard InChI is InChI=1S/C19H18ClNO5/c1-10-6-7-13-12(8-10)18(11-4-3-5-14(25-2)17(11)20)26-15(9-16(22)23)19(24)21-13/h3-8,15,18H,9H2,1-2H3,(H,21,24)(H,22,23)/t15-,18-/m1/s1. The van der Waals surface area contributed by atoms with E-state index < -0.39 is 30.5 Å². The predicted molar refractivity (Wildman–Crippen MR) is 96.8 cm³/mol. The number of fused-ring (bicyclic) bond motifs is 1. The molecule has 2 aromatic rings. The van der Waals surface area contributed by atoms with E-state index in [2.05, 4.69) is 5.32 Å². The van der Waals surface area contributed by atoms with Gasteiger partial charge >= 0.3 is 5.97 Å². The highest BCUT2D eigenvalue weighted by Crippen LogP contribution is 2.41. The zero-order valence-electron chi connectivity index (χ0n) is 14.3. The van der Waals surface area contributed by atoms with Gasteiger partial charge in [0, 0.05) is 16.8 Å². The van der Waals surface area contributed by atoms with E-state index in [1.807, 2.05) is 19.1 Å². The number of hydrogen-bond donors (Lipinski definition) is 2. The van der Waals surface area contributed by atoms with Crippen molar-refractivity contribution in [3.63, 3.8) is 0 Å². The maximum Gasteiger partial charge on any atom is 0.306 e. The molecule has 0 saturated carbocycles. The number of benzene rings is 2. The first-order valence-corrected chi connectivity index (χ1v) is 8.39. The number of carbonyl (C=O) groups is 2. The second-order valence-electron chi connectivity index (χ2n) is 6.05.